The number of esters is 1. The Kier molecular flexibility index (Phi) is 4.27. The number of aromatic nitrogens is 2. The Balaban J connectivity index is 2.89. The first kappa shape index (κ1) is 14.4. The molecule has 0 aliphatic heterocycles. The second-order valence-electron chi connectivity index (χ2n) is 5.31. The van der Waals surface area contributed by atoms with Crippen LogP contribution in [-0.2, 0) is 22.0 Å². The van der Waals surface area contributed by atoms with Gasteiger partial charge in [-0.05, 0) is 0 Å². The van der Waals surface area contributed by atoms with Crippen molar-refractivity contribution in [1.29, 1.82) is 0 Å². The highest BCUT2D eigenvalue weighted by Crippen LogP contribution is 2.25. The highest BCUT2D eigenvalue weighted by atomic mass is 16.5. The molecule has 0 spiro atoms. The van der Waals surface area contributed by atoms with Crippen molar-refractivity contribution < 1.29 is 14.3 Å². The van der Waals surface area contributed by atoms with E-state index in [9.17, 15) is 9.59 Å². The zero-order chi connectivity index (χ0) is 13.9. The number of methoxy groups -OCH3 is 1. The number of carbonyl (C=O) groups is 2. The van der Waals surface area contributed by atoms with Crippen molar-refractivity contribution in [2.24, 2.45) is 7.05 Å². The van der Waals surface area contributed by atoms with E-state index in [4.69, 9.17) is 0 Å². The minimum absolute atomic E-state index is 0.0709. The summed E-state index contributed by atoms with van der Waals surface area (Å²) in [7, 11) is 3.10. The van der Waals surface area contributed by atoms with Crippen LogP contribution in [0.1, 0.15) is 49.7 Å². The molecule has 0 aliphatic carbocycles. The van der Waals surface area contributed by atoms with Gasteiger partial charge in [0.2, 0.25) is 0 Å². The summed E-state index contributed by atoms with van der Waals surface area (Å²) in [6.45, 7) is 6.02. The molecule has 100 valence electrons. The van der Waals surface area contributed by atoms with E-state index in [2.05, 4.69) is 9.84 Å². The first-order valence-electron chi connectivity index (χ1n) is 5.90. The molecule has 5 heteroatoms. The van der Waals surface area contributed by atoms with Crippen LogP contribution in [0.2, 0.25) is 0 Å². The molecule has 0 fully saturated rings. The minimum Gasteiger partial charge on any atom is -0.469 e. The predicted molar refractivity (Wildman–Crippen MR) is 67.5 cm³/mol. The van der Waals surface area contributed by atoms with E-state index >= 15 is 0 Å². The van der Waals surface area contributed by atoms with Crippen LogP contribution < -0.4 is 0 Å². The molecule has 1 heterocycles. The Labute approximate surface area is 107 Å². The Hall–Kier alpha value is -1.65. The van der Waals surface area contributed by atoms with Crippen LogP contribution in [-0.4, -0.2) is 28.6 Å². The lowest BCUT2D eigenvalue weighted by atomic mass is 9.88. The van der Waals surface area contributed by atoms with Gasteiger partial charge in [-0.1, -0.05) is 20.8 Å². The molecule has 0 radical (unpaired) electrons. The van der Waals surface area contributed by atoms with E-state index in [1.165, 1.54) is 7.11 Å². The lowest BCUT2D eigenvalue weighted by Crippen LogP contribution is -2.17. The van der Waals surface area contributed by atoms with Gasteiger partial charge in [0.15, 0.2) is 5.78 Å². The van der Waals surface area contributed by atoms with Gasteiger partial charge in [-0.15, -0.1) is 0 Å². The molecule has 0 atom stereocenters. The molecule has 1 aromatic heterocycles. The predicted octanol–water partition coefficient (Wildman–Crippen LogP) is 1.85. The Morgan fingerprint density at radius 2 is 1.94 bits per heavy atom. The standard InChI is InChI=1S/C13H20N2O3/c1-13(2,3)12-9(8-15(4)14-12)10(16)6-7-11(17)18-5/h8H,6-7H2,1-5H3. The van der Waals surface area contributed by atoms with Crippen molar-refractivity contribution in [3.8, 4) is 0 Å². The van der Waals surface area contributed by atoms with Crippen molar-refractivity contribution in [2.45, 2.75) is 39.0 Å². The van der Waals surface area contributed by atoms with E-state index in [1.54, 1.807) is 17.9 Å². The summed E-state index contributed by atoms with van der Waals surface area (Å²) in [6, 6.07) is 0. The number of ketones is 1. The summed E-state index contributed by atoms with van der Waals surface area (Å²) < 4.78 is 6.16. The monoisotopic (exact) mass is 252 g/mol. The molecule has 1 rings (SSSR count). The zero-order valence-electron chi connectivity index (χ0n) is 11.6. The van der Waals surface area contributed by atoms with Crippen LogP contribution in [0.5, 0.6) is 0 Å². The number of hydrogen-bond donors (Lipinski definition) is 0. The van der Waals surface area contributed by atoms with Crippen molar-refractivity contribution >= 4 is 11.8 Å². The number of carbonyl (C=O) groups excluding carboxylic acids is 2. The molecule has 0 saturated carbocycles. The van der Waals surface area contributed by atoms with Crippen LogP contribution in [0, 0.1) is 0 Å². The third kappa shape index (κ3) is 3.42. The maximum absolute atomic E-state index is 12.1. The van der Waals surface area contributed by atoms with Crippen LogP contribution in [0.4, 0.5) is 0 Å². The highest BCUT2D eigenvalue weighted by Gasteiger charge is 2.25. The van der Waals surface area contributed by atoms with Gasteiger partial charge >= 0.3 is 5.97 Å². The topological polar surface area (TPSA) is 61.2 Å². The Bertz CT molecular complexity index is 455. The summed E-state index contributed by atoms with van der Waals surface area (Å²) in [6.07, 6.45) is 1.97. The number of Topliss-reactive ketones (excluding diaryl/α,β-unsaturated/α-hetero) is 1. The minimum atomic E-state index is -0.371. The molecule has 0 bridgehead atoms. The van der Waals surface area contributed by atoms with Crippen LogP contribution in [0.25, 0.3) is 0 Å². The summed E-state index contributed by atoms with van der Waals surface area (Å²) in [5, 5.41) is 4.33. The van der Waals surface area contributed by atoms with E-state index in [0.717, 1.165) is 5.69 Å². The number of hydrogen-bond acceptors (Lipinski definition) is 4. The van der Waals surface area contributed by atoms with Crippen molar-refractivity contribution in [3.05, 3.63) is 17.5 Å². The van der Waals surface area contributed by atoms with Gasteiger partial charge < -0.3 is 4.74 Å². The third-order valence-corrected chi connectivity index (χ3v) is 2.62. The normalized spacial score (nSPS) is 11.4. The van der Waals surface area contributed by atoms with E-state index in [0.29, 0.717) is 5.56 Å². The molecule has 0 aliphatic rings. The lowest BCUT2D eigenvalue weighted by Gasteiger charge is -2.16. The average Bonchev–Trinajstić information content (AvgIpc) is 2.67. The molecular formula is C13H20N2O3. The molecule has 0 aromatic carbocycles. The zero-order valence-corrected chi connectivity index (χ0v) is 11.6. The molecule has 0 saturated heterocycles. The lowest BCUT2D eigenvalue weighted by molar-refractivity contribution is -0.140. The number of aryl methyl sites for hydroxylation is 1. The first-order valence-corrected chi connectivity index (χ1v) is 5.90. The first-order chi connectivity index (χ1) is 8.25. The van der Waals surface area contributed by atoms with Crippen LogP contribution in [0.3, 0.4) is 0 Å². The third-order valence-electron chi connectivity index (χ3n) is 2.62. The van der Waals surface area contributed by atoms with Crippen molar-refractivity contribution in [1.82, 2.24) is 9.78 Å². The second-order valence-corrected chi connectivity index (χ2v) is 5.31. The molecule has 18 heavy (non-hydrogen) atoms. The SMILES string of the molecule is COC(=O)CCC(=O)c1cn(C)nc1C(C)(C)C. The van der Waals surface area contributed by atoms with Gasteiger partial charge in [0.05, 0.1) is 24.8 Å². The maximum Gasteiger partial charge on any atom is 0.305 e. The molecule has 1 aromatic rings. The Morgan fingerprint density at radius 1 is 1.33 bits per heavy atom. The molecule has 5 nitrogen and oxygen atoms in total. The van der Waals surface area contributed by atoms with E-state index < -0.39 is 0 Å². The summed E-state index contributed by atoms with van der Waals surface area (Å²) in [5.41, 5.74) is 1.16. The summed E-state index contributed by atoms with van der Waals surface area (Å²) >= 11 is 0. The number of ether oxygens (including phenoxy) is 1. The molecule has 0 amide bonds. The molecular weight excluding hydrogens is 232 g/mol. The van der Waals surface area contributed by atoms with Gasteiger partial charge in [0, 0.05) is 25.1 Å². The van der Waals surface area contributed by atoms with Gasteiger partial charge in [0.1, 0.15) is 0 Å². The van der Waals surface area contributed by atoms with Gasteiger partial charge in [-0.25, -0.2) is 0 Å². The van der Waals surface area contributed by atoms with Crippen LogP contribution >= 0.6 is 0 Å². The van der Waals surface area contributed by atoms with Crippen molar-refractivity contribution in [3.63, 3.8) is 0 Å². The fourth-order valence-corrected chi connectivity index (χ4v) is 1.70. The fraction of sp³-hybridized carbons (Fsp3) is 0.615. The Morgan fingerprint density at radius 3 is 2.44 bits per heavy atom. The molecule has 0 unspecified atom stereocenters. The van der Waals surface area contributed by atoms with Crippen molar-refractivity contribution in [2.75, 3.05) is 7.11 Å². The summed E-state index contributed by atoms with van der Waals surface area (Å²) in [4.78, 5) is 23.1. The average molecular weight is 252 g/mol. The summed E-state index contributed by atoms with van der Waals surface area (Å²) in [5.74, 6) is -0.442. The van der Waals surface area contributed by atoms with Gasteiger partial charge in [0.25, 0.3) is 0 Å². The maximum atomic E-state index is 12.1. The van der Waals surface area contributed by atoms with E-state index in [-0.39, 0.29) is 30.0 Å². The second kappa shape index (κ2) is 5.33. The number of nitrogens with zero attached hydrogens (tertiary/aromatic N) is 2. The van der Waals surface area contributed by atoms with Gasteiger partial charge in [-0.2, -0.15) is 5.10 Å². The number of rotatable bonds is 4. The quantitative estimate of drug-likeness (QED) is 0.606. The largest absolute Gasteiger partial charge is 0.469 e. The fourth-order valence-electron chi connectivity index (χ4n) is 1.70. The van der Waals surface area contributed by atoms with Crippen LogP contribution in [0.15, 0.2) is 6.20 Å². The highest BCUT2D eigenvalue weighted by molar-refractivity contribution is 5.98. The van der Waals surface area contributed by atoms with Gasteiger partial charge in [-0.3, -0.25) is 14.3 Å². The smallest absolute Gasteiger partial charge is 0.305 e. The molecule has 0 N–H and O–H groups in total. The van der Waals surface area contributed by atoms with E-state index in [1.807, 2.05) is 20.8 Å².